The second kappa shape index (κ2) is 9.84. The number of piperidine rings is 1. The minimum Gasteiger partial charge on any atom is -0.380 e. The van der Waals surface area contributed by atoms with Gasteiger partial charge in [-0.3, -0.25) is 4.90 Å². The van der Waals surface area contributed by atoms with Crippen molar-refractivity contribution in [1.29, 1.82) is 0 Å². The number of nitrogens with one attached hydrogen (secondary N) is 1. The van der Waals surface area contributed by atoms with Crippen molar-refractivity contribution in [3.05, 3.63) is 28.7 Å². The van der Waals surface area contributed by atoms with Crippen molar-refractivity contribution < 1.29 is 4.74 Å². The quantitative estimate of drug-likeness (QED) is 0.574. The van der Waals surface area contributed by atoms with Gasteiger partial charge in [0.2, 0.25) is 0 Å². The van der Waals surface area contributed by atoms with E-state index in [0.717, 1.165) is 50.2 Å². The summed E-state index contributed by atoms with van der Waals surface area (Å²) in [6.07, 6.45) is 9.94. The minimum absolute atomic E-state index is 0.357. The van der Waals surface area contributed by atoms with E-state index in [1.54, 1.807) is 0 Å². The molecule has 28 heavy (non-hydrogen) atoms. The predicted molar refractivity (Wildman–Crippen MR) is 116 cm³/mol. The van der Waals surface area contributed by atoms with Gasteiger partial charge in [0.05, 0.1) is 11.8 Å². The molecule has 0 unspecified atom stereocenters. The summed E-state index contributed by atoms with van der Waals surface area (Å²) in [5.74, 6) is 0. The maximum atomic E-state index is 11.1. The molecule has 5 nitrogen and oxygen atoms in total. The van der Waals surface area contributed by atoms with Crippen LogP contribution >= 0.6 is 0 Å². The van der Waals surface area contributed by atoms with Crippen LogP contribution in [0.2, 0.25) is 0 Å². The van der Waals surface area contributed by atoms with Crippen LogP contribution in [-0.2, 0) is 4.74 Å². The highest BCUT2D eigenvalue weighted by Gasteiger charge is 2.40. The Kier molecular flexibility index (Phi) is 7.47. The van der Waals surface area contributed by atoms with Gasteiger partial charge in [-0.2, -0.15) is 0 Å². The number of hydrogen-bond acceptors (Lipinski definition) is 5. The van der Waals surface area contributed by atoms with Crippen LogP contribution in [0, 0.1) is 11.8 Å². The molecule has 0 atom stereocenters. The highest BCUT2D eigenvalue weighted by Crippen LogP contribution is 2.39. The Morgan fingerprint density at radius 3 is 2.50 bits per heavy atom. The lowest BCUT2D eigenvalue weighted by Crippen LogP contribution is -2.55. The second-order valence-corrected chi connectivity index (χ2v) is 8.67. The Hall–Kier alpha value is -1.46. The molecule has 1 N–H and O–H groups in total. The highest BCUT2D eigenvalue weighted by atomic mass is 16.5. The fourth-order valence-corrected chi connectivity index (χ4v) is 5.04. The normalized spacial score (nSPS) is 26.9. The largest absolute Gasteiger partial charge is 0.380 e. The van der Waals surface area contributed by atoms with Gasteiger partial charge in [-0.15, -0.1) is 4.91 Å². The summed E-state index contributed by atoms with van der Waals surface area (Å²) in [6, 6.07) is 6.20. The first kappa shape index (κ1) is 21.3. The summed E-state index contributed by atoms with van der Waals surface area (Å²) in [5.41, 5.74) is 2.91. The lowest BCUT2D eigenvalue weighted by Gasteiger charge is -2.50. The third kappa shape index (κ3) is 4.93. The first-order valence-corrected chi connectivity index (χ1v) is 11.2. The molecule has 0 spiro atoms. The van der Waals surface area contributed by atoms with E-state index < -0.39 is 0 Å². The monoisotopic (exact) mass is 387 g/mol. The van der Waals surface area contributed by atoms with Crippen molar-refractivity contribution in [3.8, 4) is 0 Å². The van der Waals surface area contributed by atoms with Crippen LogP contribution in [0.3, 0.4) is 0 Å². The molecule has 1 aromatic rings. The van der Waals surface area contributed by atoms with Crippen molar-refractivity contribution in [1.82, 2.24) is 4.90 Å². The highest BCUT2D eigenvalue weighted by molar-refractivity contribution is 5.66. The average Bonchev–Trinajstić information content (AvgIpc) is 2.73. The van der Waals surface area contributed by atoms with E-state index in [4.69, 9.17) is 4.74 Å². The Morgan fingerprint density at radius 2 is 1.89 bits per heavy atom. The number of benzene rings is 1. The molecule has 1 aromatic carbocycles. The van der Waals surface area contributed by atoms with Crippen LogP contribution in [0.4, 0.5) is 11.4 Å². The van der Waals surface area contributed by atoms with Crippen LogP contribution in [0.25, 0.3) is 0 Å². The van der Waals surface area contributed by atoms with Gasteiger partial charge in [-0.1, -0.05) is 19.9 Å². The molecular formula is C23H37N3O2. The van der Waals surface area contributed by atoms with Gasteiger partial charge in [0.15, 0.2) is 0 Å². The number of rotatable bonds is 8. The van der Waals surface area contributed by atoms with Crippen LogP contribution in [0.5, 0.6) is 0 Å². The molecular weight excluding hydrogens is 350 g/mol. The summed E-state index contributed by atoms with van der Waals surface area (Å²) in [4.78, 5) is 13.9. The van der Waals surface area contributed by atoms with Crippen molar-refractivity contribution in [2.45, 2.75) is 89.8 Å². The van der Waals surface area contributed by atoms with Gasteiger partial charge >= 0.3 is 0 Å². The number of nitrogens with zero attached hydrogens (tertiary/aromatic N) is 2. The van der Waals surface area contributed by atoms with Crippen molar-refractivity contribution >= 4 is 11.4 Å². The van der Waals surface area contributed by atoms with Gasteiger partial charge in [0, 0.05) is 31.3 Å². The number of ether oxygens (including phenoxy) is 1. The average molecular weight is 388 g/mol. The Morgan fingerprint density at radius 1 is 1.18 bits per heavy atom. The van der Waals surface area contributed by atoms with Crippen molar-refractivity contribution in [3.63, 3.8) is 0 Å². The Labute approximate surface area is 170 Å². The standard InChI is InChI=1S/C23H37N3O2/c1-4-16-28-20-8-12-23(5-2,13-9-20)26-14-10-19(11-15-26)24-22-17-18(3)6-7-21(22)25-27/h6-7,17,19-20,24H,4-5,8-16H2,1-3H3/t20-,23-. The van der Waals surface area contributed by atoms with E-state index in [0.29, 0.717) is 23.4 Å². The molecule has 0 radical (unpaired) electrons. The van der Waals surface area contributed by atoms with E-state index in [1.807, 2.05) is 25.1 Å². The lowest BCUT2D eigenvalue weighted by atomic mass is 9.76. The summed E-state index contributed by atoms with van der Waals surface area (Å²) in [5, 5.41) is 6.77. The van der Waals surface area contributed by atoms with Crippen LogP contribution in [0.15, 0.2) is 23.4 Å². The molecule has 0 aromatic heterocycles. The van der Waals surface area contributed by atoms with E-state index in [2.05, 4.69) is 29.2 Å². The van der Waals surface area contributed by atoms with Gasteiger partial charge in [0.1, 0.15) is 5.69 Å². The van der Waals surface area contributed by atoms with Gasteiger partial charge < -0.3 is 10.1 Å². The van der Waals surface area contributed by atoms with Crippen LogP contribution in [0.1, 0.15) is 70.8 Å². The van der Waals surface area contributed by atoms with Crippen molar-refractivity contribution in [2.75, 3.05) is 25.0 Å². The van der Waals surface area contributed by atoms with Crippen LogP contribution in [-0.4, -0.2) is 42.3 Å². The molecule has 2 fully saturated rings. The molecule has 156 valence electrons. The number of aryl methyl sites for hydroxylation is 1. The molecule has 1 heterocycles. The number of nitroso groups, excluding NO2 is 1. The second-order valence-electron chi connectivity index (χ2n) is 8.67. The van der Waals surface area contributed by atoms with Gasteiger partial charge in [0.25, 0.3) is 0 Å². The molecule has 0 bridgehead atoms. The third-order valence-corrected chi connectivity index (χ3v) is 6.85. The zero-order valence-corrected chi connectivity index (χ0v) is 17.9. The zero-order chi connectivity index (χ0) is 20.0. The maximum Gasteiger partial charge on any atom is 0.131 e. The minimum atomic E-state index is 0.357. The zero-order valence-electron chi connectivity index (χ0n) is 17.9. The summed E-state index contributed by atoms with van der Waals surface area (Å²) in [7, 11) is 0. The van der Waals surface area contributed by atoms with Gasteiger partial charge in [-0.05, 0) is 81.2 Å². The number of likely N-dealkylation sites (tertiary alicyclic amines) is 1. The first-order valence-electron chi connectivity index (χ1n) is 11.2. The summed E-state index contributed by atoms with van der Waals surface area (Å²) in [6.45, 7) is 9.74. The Bertz CT molecular complexity index is 633. The molecule has 1 saturated heterocycles. The third-order valence-electron chi connectivity index (χ3n) is 6.85. The first-order chi connectivity index (χ1) is 13.6. The van der Waals surface area contributed by atoms with Crippen molar-refractivity contribution in [2.24, 2.45) is 5.18 Å². The summed E-state index contributed by atoms with van der Waals surface area (Å²) >= 11 is 0. The molecule has 1 aliphatic heterocycles. The van der Waals surface area contributed by atoms with E-state index in [-0.39, 0.29) is 0 Å². The fraction of sp³-hybridized carbons (Fsp3) is 0.739. The van der Waals surface area contributed by atoms with E-state index >= 15 is 0 Å². The topological polar surface area (TPSA) is 53.9 Å². The van der Waals surface area contributed by atoms with Gasteiger partial charge in [-0.25, -0.2) is 0 Å². The van der Waals surface area contributed by atoms with E-state index in [9.17, 15) is 4.91 Å². The number of hydrogen-bond donors (Lipinski definition) is 1. The van der Waals surface area contributed by atoms with E-state index in [1.165, 1.54) is 32.1 Å². The summed E-state index contributed by atoms with van der Waals surface area (Å²) < 4.78 is 6.01. The number of anilines is 1. The maximum absolute atomic E-state index is 11.1. The fourth-order valence-electron chi connectivity index (χ4n) is 5.04. The molecule has 2 aliphatic rings. The van der Waals surface area contributed by atoms with Crippen LogP contribution < -0.4 is 5.32 Å². The molecule has 5 heteroatoms. The molecule has 0 amide bonds. The lowest BCUT2D eigenvalue weighted by molar-refractivity contribution is -0.0367. The smallest absolute Gasteiger partial charge is 0.131 e. The SMILES string of the molecule is CCCO[C@H]1CC[C@](CC)(N2CCC(Nc3cc(C)ccc3N=O)CC2)CC1. The molecule has 3 rings (SSSR count). The molecule has 1 saturated carbocycles. The molecule has 1 aliphatic carbocycles. The predicted octanol–water partition coefficient (Wildman–Crippen LogP) is 5.79. The Balaban J connectivity index is 1.54.